The Morgan fingerprint density at radius 1 is 1.11 bits per heavy atom. The highest BCUT2D eigenvalue weighted by Gasteiger charge is 2.42. The van der Waals surface area contributed by atoms with Crippen molar-refractivity contribution in [2.24, 2.45) is 0 Å². The number of halogens is 3. The fraction of sp³-hybridized carbons (Fsp3) is 0.273. The summed E-state index contributed by atoms with van der Waals surface area (Å²) < 4.78 is 49.2. The molecule has 8 heteroatoms. The Hall–Kier alpha value is -2.25. The molecule has 1 aromatic carbocycles. The highest BCUT2D eigenvalue weighted by atomic mass is 19.4. The standard InChI is InChI=1S/C11H9F3O5/c1-17-6-3-4-7(8(5-6)18-2)9(15)19-10(16)11(12,13)14/h3-5H,1-2H3. The zero-order valence-electron chi connectivity index (χ0n) is 9.91. The summed E-state index contributed by atoms with van der Waals surface area (Å²) in [5.74, 6) is -3.79. The zero-order valence-corrected chi connectivity index (χ0v) is 9.91. The molecule has 0 unspecified atom stereocenters. The molecule has 0 bridgehead atoms. The van der Waals surface area contributed by atoms with Crippen molar-refractivity contribution in [1.82, 2.24) is 0 Å². The van der Waals surface area contributed by atoms with Crippen LogP contribution < -0.4 is 9.47 Å². The predicted octanol–water partition coefficient (Wildman–Crippen LogP) is 1.95. The lowest BCUT2D eigenvalue weighted by Crippen LogP contribution is -2.28. The van der Waals surface area contributed by atoms with Crippen molar-refractivity contribution < 1.29 is 37.0 Å². The number of hydrogen-bond donors (Lipinski definition) is 0. The molecule has 1 rings (SSSR count). The topological polar surface area (TPSA) is 61.8 Å². The van der Waals surface area contributed by atoms with Gasteiger partial charge in [0.1, 0.15) is 17.1 Å². The maximum Gasteiger partial charge on any atom is 0.491 e. The first-order valence-electron chi connectivity index (χ1n) is 4.85. The lowest BCUT2D eigenvalue weighted by Gasteiger charge is -2.10. The van der Waals surface area contributed by atoms with Crippen LogP contribution >= 0.6 is 0 Å². The average Bonchev–Trinajstić information content (AvgIpc) is 2.36. The van der Waals surface area contributed by atoms with Gasteiger partial charge >= 0.3 is 18.1 Å². The molecule has 1 aromatic rings. The summed E-state index contributed by atoms with van der Waals surface area (Å²) in [6, 6.07) is 3.72. The molecular weight excluding hydrogens is 269 g/mol. The van der Waals surface area contributed by atoms with Crippen LogP contribution in [-0.2, 0) is 9.53 Å². The molecule has 0 N–H and O–H groups in total. The van der Waals surface area contributed by atoms with Gasteiger partial charge in [-0.15, -0.1) is 0 Å². The third kappa shape index (κ3) is 3.60. The number of carbonyl (C=O) groups is 2. The molecule has 5 nitrogen and oxygen atoms in total. The maximum atomic E-state index is 11.9. The number of hydrogen-bond acceptors (Lipinski definition) is 5. The number of ether oxygens (including phenoxy) is 3. The first-order valence-corrected chi connectivity index (χ1v) is 4.85. The van der Waals surface area contributed by atoms with Crippen molar-refractivity contribution in [2.45, 2.75) is 6.18 Å². The first-order chi connectivity index (χ1) is 8.79. The average molecular weight is 278 g/mol. The Bertz CT molecular complexity index is 496. The Morgan fingerprint density at radius 2 is 1.74 bits per heavy atom. The summed E-state index contributed by atoms with van der Waals surface area (Å²) in [6.45, 7) is 0. The van der Waals surface area contributed by atoms with Crippen molar-refractivity contribution >= 4 is 11.9 Å². The van der Waals surface area contributed by atoms with E-state index in [2.05, 4.69) is 4.74 Å². The van der Waals surface area contributed by atoms with E-state index >= 15 is 0 Å². The summed E-state index contributed by atoms with van der Waals surface area (Å²) >= 11 is 0. The summed E-state index contributed by atoms with van der Waals surface area (Å²) in [7, 11) is 2.57. The van der Waals surface area contributed by atoms with E-state index in [4.69, 9.17) is 9.47 Å². The van der Waals surface area contributed by atoms with Crippen LogP contribution in [0.4, 0.5) is 13.2 Å². The molecule has 104 valence electrons. The molecule has 0 fully saturated rings. The van der Waals surface area contributed by atoms with Crippen molar-refractivity contribution in [3.63, 3.8) is 0 Å². The van der Waals surface area contributed by atoms with Gasteiger partial charge in [0.2, 0.25) is 0 Å². The van der Waals surface area contributed by atoms with Crippen LogP contribution in [0.25, 0.3) is 0 Å². The summed E-state index contributed by atoms with van der Waals surface area (Å²) in [5, 5.41) is 0. The molecule has 0 aliphatic carbocycles. The largest absolute Gasteiger partial charge is 0.497 e. The monoisotopic (exact) mass is 278 g/mol. The van der Waals surface area contributed by atoms with Gasteiger partial charge in [0, 0.05) is 6.07 Å². The fourth-order valence-corrected chi connectivity index (χ4v) is 1.16. The number of rotatable bonds is 3. The van der Waals surface area contributed by atoms with Crippen LogP contribution in [0, 0.1) is 0 Å². The Labute approximate surface area is 105 Å². The lowest BCUT2D eigenvalue weighted by molar-refractivity contribution is -0.193. The third-order valence-corrected chi connectivity index (χ3v) is 2.05. The van der Waals surface area contributed by atoms with E-state index < -0.39 is 18.1 Å². The first kappa shape index (κ1) is 14.8. The van der Waals surface area contributed by atoms with E-state index in [0.717, 1.165) is 6.07 Å². The minimum absolute atomic E-state index is 0.0701. The molecular formula is C11H9F3O5. The van der Waals surface area contributed by atoms with E-state index in [1.54, 1.807) is 0 Å². The van der Waals surface area contributed by atoms with Gasteiger partial charge in [0.05, 0.1) is 14.2 Å². The van der Waals surface area contributed by atoms with Crippen LogP contribution in [0.2, 0.25) is 0 Å². The van der Waals surface area contributed by atoms with E-state index in [0.29, 0.717) is 5.75 Å². The summed E-state index contributed by atoms with van der Waals surface area (Å²) in [4.78, 5) is 22.0. The number of alkyl halides is 3. The van der Waals surface area contributed by atoms with Crippen LogP contribution in [0.15, 0.2) is 18.2 Å². The minimum atomic E-state index is -5.24. The van der Waals surface area contributed by atoms with Gasteiger partial charge in [-0.2, -0.15) is 13.2 Å². The molecule has 0 heterocycles. The SMILES string of the molecule is COc1ccc(C(=O)OC(=O)C(F)(F)F)c(OC)c1. The molecule has 0 saturated heterocycles. The van der Waals surface area contributed by atoms with E-state index in [-0.39, 0.29) is 11.3 Å². The van der Waals surface area contributed by atoms with Gasteiger partial charge in [0.25, 0.3) is 0 Å². The van der Waals surface area contributed by atoms with E-state index in [9.17, 15) is 22.8 Å². The molecule has 0 aliphatic heterocycles. The number of benzene rings is 1. The normalized spacial score (nSPS) is 10.8. The van der Waals surface area contributed by atoms with E-state index in [1.165, 1.54) is 26.4 Å². The van der Waals surface area contributed by atoms with Crippen molar-refractivity contribution in [3.05, 3.63) is 23.8 Å². The van der Waals surface area contributed by atoms with Gasteiger partial charge in [-0.3, -0.25) is 0 Å². The van der Waals surface area contributed by atoms with Gasteiger partial charge < -0.3 is 14.2 Å². The van der Waals surface area contributed by atoms with Gasteiger partial charge in [-0.1, -0.05) is 0 Å². The second-order valence-electron chi connectivity index (χ2n) is 3.24. The highest BCUT2D eigenvalue weighted by Crippen LogP contribution is 2.26. The van der Waals surface area contributed by atoms with Crippen LogP contribution in [0.1, 0.15) is 10.4 Å². The second kappa shape index (κ2) is 5.59. The second-order valence-corrected chi connectivity index (χ2v) is 3.24. The molecule has 0 aliphatic rings. The molecule has 0 saturated carbocycles. The smallest absolute Gasteiger partial charge is 0.491 e. The Kier molecular flexibility index (Phi) is 4.36. The maximum absolute atomic E-state index is 11.9. The summed E-state index contributed by atoms with van der Waals surface area (Å²) in [6.07, 6.45) is -5.24. The molecule has 0 aromatic heterocycles. The van der Waals surface area contributed by atoms with Crippen molar-refractivity contribution in [2.75, 3.05) is 14.2 Å². The highest BCUT2D eigenvalue weighted by molar-refractivity contribution is 6.00. The fourth-order valence-electron chi connectivity index (χ4n) is 1.16. The van der Waals surface area contributed by atoms with Crippen molar-refractivity contribution in [3.8, 4) is 11.5 Å². The van der Waals surface area contributed by atoms with Gasteiger partial charge in [-0.25, -0.2) is 9.59 Å². The Morgan fingerprint density at radius 3 is 2.21 bits per heavy atom. The van der Waals surface area contributed by atoms with E-state index in [1.807, 2.05) is 0 Å². The lowest BCUT2D eigenvalue weighted by atomic mass is 10.2. The molecule has 0 amide bonds. The minimum Gasteiger partial charge on any atom is -0.497 e. The molecule has 0 spiro atoms. The third-order valence-electron chi connectivity index (χ3n) is 2.05. The van der Waals surface area contributed by atoms with Crippen LogP contribution in [0.5, 0.6) is 11.5 Å². The molecule has 19 heavy (non-hydrogen) atoms. The van der Waals surface area contributed by atoms with Crippen molar-refractivity contribution in [1.29, 1.82) is 0 Å². The Balaban J connectivity index is 2.97. The molecule has 0 radical (unpaired) electrons. The van der Waals surface area contributed by atoms with Gasteiger partial charge in [0.15, 0.2) is 0 Å². The van der Waals surface area contributed by atoms with Gasteiger partial charge in [-0.05, 0) is 12.1 Å². The van der Waals surface area contributed by atoms with Crippen LogP contribution in [-0.4, -0.2) is 32.3 Å². The molecule has 0 atom stereocenters. The number of methoxy groups -OCH3 is 2. The zero-order chi connectivity index (χ0) is 14.6. The number of esters is 2. The summed E-state index contributed by atoms with van der Waals surface area (Å²) in [5.41, 5.74) is -0.319. The van der Waals surface area contributed by atoms with Crippen LogP contribution in [0.3, 0.4) is 0 Å². The quantitative estimate of drug-likeness (QED) is 0.624. The number of carbonyl (C=O) groups excluding carboxylic acids is 2. The predicted molar refractivity (Wildman–Crippen MR) is 56.0 cm³/mol.